The molecule has 3 rings (SSSR count). The van der Waals surface area contributed by atoms with E-state index >= 15 is 0 Å². The first kappa shape index (κ1) is 12.8. The van der Waals surface area contributed by atoms with Gasteiger partial charge in [0.05, 0.1) is 6.20 Å². The predicted molar refractivity (Wildman–Crippen MR) is 79.7 cm³/mol. The number of carbonyl (C=O) groups is 1. The molecule has 1 saturated carbocycles. The molecule has 2 heterocycles. The third-order valence-corrected chi connectivity index (χ3v) is 5.56. The molecule has 1 amide bonds. The summed E-state index contributed by atoms with van der Waals surface area (Å²) in [6.45, 7) is 2.99. The van der Waals surface area contributed by atoms with Gasteiger partial charge in [-0.15, -0.1) is 11.3 Å². The highest BCUT2D eigenvalue weighted by atomic mass is 32.1. The molecule has 0 atom stereocenters. The summed E-state index contributed by atoms with van der Waals surface area (Å²) in [5.41, 5.74) is 1.48. The van der Waals surface area contributed by atoms with Crippen molar-refractivity contribution in [3.8, 4) is 10.6 Å². The topological polar surface area (TPSA) is 42.0 Å². The molecule has 2 aromatic heterocycles. The summed E-state index contributed by atoms with van der Waals surface area (Å²) in [6.07, 6.45) is 5.31. The van der Waals surface area contributed by atoms with E-state index in [1.165, 1.54) is 24.2 Å². The van der Waals surface area contributed by atoms with E-state index in [0.717, 1.165) is 23.5 Å². The average Bonchev–Trinajstić information content (AvgIpc) is 2.87. The zero-order valence-corrected chi connectivity index (χ0v) is 12.4. The number of aromatic nitrogens is 1. The third kappa shape index (κ3) is 2.72. The minimum atomic E-state index is 0.0127. The van der Waals surface area contributed by atoms with Gasteiger partial charge in [-0.25, -0.2) is 4.98 Å². The number of carbonyl (C=O) groups excluding carboxylic acids is 1. The molecule has 1 aliphatic rings. The maximum atomic E-state index is 12.1. The Hall–Kier alpha value is -1.20. The van der Waals surface area contributed by atoms with Crippen LogP contribution in [0, 0.1) is 5.41 Å². The van der Waals surface area contributed by atoms with Crippen LogP contribution in [-0.4, -0.2) is 17.4 Å². The van der Waals surface area contributed by atoms with Crippen LogP contribution in [0.15, 0.2) is 23.0 Å². The van der Waals surface area contributed by atoms with E-state index in [2.05, 4.69) is 22.6 Å². The van der Waals surface area contributed by atoms with E-state index < -0.39 is 0 Å². The number of thiazole rings is 1. The number of thiophene rings is 1. The number of nitrogens with zero attached hydrogens (tertiary/aromatic N) is 1. The molecule has 1 aliphatic carbocycles. The zero-order chi connectivity index (χ0) is 13.3. The SMILES string of the molecule is CCC1(CNC(=O)c2cnc(-c3ccsc3)s2)CC1. The van der Waals surface area contributed by atoms with Crippen LogP contribution in [0.3, 0.4) is 0 Å². The lowest BCUT2D eigenvalue weighted by molar-refractivity contribution is 0.0948. The largest absolute Gasteiger partial charge is 0.351 e. The highest BCUT2D eigenvalue weighted by Crippen LogP contribution is 2.47. The third-order valence-electron chi connectivity index (χ3n) is 3.83. The number of hydrogen-bond acceptors (Lipinski definition) is 4. The number of amides is 1. The van der Waals surface area contributed by atoms with Crippen molar-refractivity contribution in [3.05, 3.63) is 27.9 Å². The quantitative estimate of drug-likeness (QED) is 0.911. The molecule has 0 aliphatic heterocycles. The molecule has 1 fully saturated rings. The van der Waals surface area contributed by atoms with E-state index in [4.69, 9.17) is 0 Å². The molecule has 2 aromatic rings. The van der Waals surface area contributed by atoms with E-state index in [-0.39, 0.29) is 5.91 Å². The van der Waals surface area contributed by atoms with Gasteiger partial charge in [0.2, 0.25) is 0 Å². The van der Waals surface area contributed by atoms with Crippen LogP contribution in [0.2, 0.25) is 0 Å². The first-order valence-electron chi connectivity index (χ1n) is 6.49. The number of hydrogen-bond donors (Lipinski definition) is 1. The van der Waals surface area contributed by atoms with Gasteiger partial charge in [0.15, 0.2) is 0 Å². The summed E-state index contributed by atoms with van der Waals surface area (Å²) < 4.78 is 0. The zero-order valence-electron chi connectivity index (χ0n) is 10.8. The predicted octanol–water partition coefficient (Wildman–Crippen LogP) is 3.79. The lowest BCUT2D eigenvalue weighted by atomic mass is 10.0. The van der Waals surface area contributed by atoms with E-state index in [9.17, 15) is 4.79 Å². The molecule has 1 N–H and O–H groups in total. The van der Waals surface area contributed by atoms with Gasteiger partial charge < -0.3 is 5.32 Å². The van der Waals surface area contributed by atoms with Crippen molar-refractivity contribution in [1.82, 2.24) is 10.3 Å². The van der Waals surface area contributed by atoms with Crippen molar-refractivity contribution >= 4 is 28.6 Å². The van der Waals surface area contributed by atoms with Gasteiger partial charge >= 0.3 is 0 Å². The molecule has 0 saturated heterocycles. The molecule has 0 unspecified atom stereocenters. The molecular weight excluding hydrogens is 276 g/mol. The van der Waals surface area contributed by atoms with Gasteiger partial charge in [-0.05, 0) is 36.1 Å². The fraction of sp³-hybridized carbons (Fsp3) is 0.429. The fourth-order valence-corrected chi connectivity index (χ4v) is 3.63. The lowest BCUT2D eigenvalue weighted by Crippen LogP contribution is -2.29. The fourth-order valence-electron chi connectivity index (χ4n) is 2.09. The minimum absolute atomic E-state index is 0.0127. The standard InChI is InChI=1S/C14H16N2OS2/c1-2-14(4-5-14)9-16-12(17)11-7-15-13(19-11)10-3-6-18-8-10/h3,6-8H,2,4-5,9H2,1H3,(H,16,17). The minimum Gasteiger partial charge on any atom is -0.351 e. The van der Waals surface area contributed by atoms with Crippen molar-refractivity contribution in [2.45, 2.75) is 26.2 Å². The Morgan fingerprint density at radius 3 is 3.00 bits per heavy atom. The average molecular weight is 292 g/mol. The normalized spacial score (nSPS) is 16.3. The first-order valence-corrected chi connectivity index (χ1v) is 8.25. The summed E-state index contributed by atoms with van der Waals surface area (Å²) in [7, 11) is 0. The molecule has 3 nitrogen and oxygen atoms in total. The van der Waals surface area contributed by atoms with E-state index in [1.807, 2.05) is 11.4 Å². The summed E-state index contributed by atoms with van der Waals surface area (Å²) in [4.78, 5) is 17.1. The van der Waals surface area contributed by atoms with E-state index in [0.29, 0.717) is 10.3 Å². The van der Waals surface area contributed by atoms with Gasteiger partial charge in [0.25, 0.3) is 5.91 Å². The van der Waals surface area contributed by atoms with Crippen molar-refractivity contribution in [3.63, 3.8) is 0 Å². The Morgan fingerprint density at radius 2 is 2.37 bits per heavy atom. The molecule has 0 radical (unpaired) electrons. The molecule has 0 bridgehead atoms. The molecule has 0 aromatic carbocycles. The summed E-state index contributed by atoms with van der Waals surface area (Å²) >= 11 is 3.10. The Kier molecular flexibility index (Phi) is 3.41. The number of rotatable bonds is 5. The molecule has 19 heavy (non-hydrogen) atoms. The van der Waals surface area contributed by atoms with Crippen LogP contribution in [-0.2, 0) is 0 Å². The second kappa shape index (κ2) is 5.06. The second-order valence-electron chi connectivity index (χ2n) is 5.08. The Labute approximate surface area is 120 Å². The molecule has 5 heteroatoms. The van der Waals surface area contributed by atoms with Crippen LogP contribution in [0.25, 0.3) is 10.6 Å². The van der Waals surface area contributed by atoms with Crippen molar-refractivity contribution in [2.24, 2.45) is 5.41 Å². The Balaban J connectivity index is 1.64. The van der Waals surface area contributed by atoms with Gasteiger partial charge in [-0.2, -0.15) is 11.3 Å². The molecule has 100 valence electrons. The van der Waals surface area contributed by atoms with Crippen LogP contribution in [0.4, 0.5) is 0 Å². The van der Waals surface area contributed by atoms with Crippen LogP contribution >= 0.6 is 22.7 Å². The van der Waals surface area contributed by atoms with Gasteiger partial charge in [-0.1, -0.05) is 6.92 Å². The summed E-state index contributed by atoms with van der Waals surface area (Å²) in [5.74, 6) is 0.0127. The molecular formula is C14H16N2OS2. The van der Waals surface area contributed by atoms with Crippen LogP contribution in [0.1, 0.15) is 35.9 Å². The maximum absolute atomic E-state index is 12.1. The Bertz CT molecular complexity index is 570. The molecule has 0 spiro atoms. The summed E-state index contributed by atoms with van der Waals surface area (Å²) in [5, 5.41) is 8.04. The highest BCUT2D eigenvalue weighted by Gasteiger charge is 2.40. The smallest absolute Gasteiger partial charge is 0.263 e. The van der Waals surface area contributed by atoms with Crippen molar-refractivity contribution in [2.75, 3.05) is 6.54 Å². The second-order valence-corrected chi connectivity index (χ2v) is 6.89. The monoisotopic (exact) mass is 292 g/mol. The van der Waals surface area contributed by atoms with Crippen LogP contribution < -0.4 is 5.32 Å². The number of nitrogens with one attached hydrogen (secondary N) is 1. The maximum Gasteiger partial charge on any atom is 0.263 e. The van der Waals surface area contributed by atoms with Gasteiger partial charge in [0.1, 0.15) is 9.88 Å². The highest BCUT2D eigenvalue weighted by molar-refractivity contribution is 7.17. The van der Waals surface area contributed by atoms with E-state index in [1.54, 1.807) is 17.5 Å². The first-order chi connectivity index (χ1) is 9.22. The van der Waals surface area contributed by atoms with Crippen molar-refractivity contribution < 1.29 is 4.79 Å². The Morgan fingerprint density at radius 1 is 1.53 bits per heavy atom. The lowest BCUT2D eigenvalue weighted by Gasteiger charge is -2.12. The van der Waals surface area contributed by atoms with Crippen molar-refractivity contribution in [1.29, 1.82) is 0 Å². The van der Waals surface area contributed by atoms with Gasteiger partial charge in [-0.3, -0.25) is 4.79 Å². The summed E-state index contributed by atoms with van der Waals surface area (Å²) in [6, 6.07) is 2.03. The van der Waals surface area contributed by atoms with Crippen LogP contribution in [0.5, 0.6) is 0 Å². The van der Waals surface area contributed by atoms with Gasteiger partial charge in [0, 0.05) is 17.5 Å².